The van der Waals surface area contributed by atoms with Gasteiger partial charge in [0.05, 0.1) is 0 Å². The first-order valence-corrected chi connectivity index (χ1v) is 18.7. The zero-order valence-corrected chi connectivity index (χ0v) is 26.6. The van der Waals surface area contributed by atoms with E-state index in [1.807, 2.05) is 57.3 Å². The molecule has 0 unspecified atom stereocenters. The average Bonchev–Trinajstić information content (AvgIpc) is 3.81. The van der Waals surface area contributed by atoms with Crippen LogP contribution in [-0.2, 0) is 0 Å². The molecule has 4 aromatic heterocycles. The summed E-state index contributed by atoms with van der Waals surface area (Å²) in [4.78, 5) is 38.8. The zero-order chi connectivity index (χ0) is 28.3. The Balaban J connectivity index is 1.35. The summed E-state index contributed by atoms with van der Waals surface area (Å²) in [5, 5.41) is 13.6. The molecule has 0 spiro atoms. The number of hydrogen-bond acceptors (Lipinski definition) is 4. The fourth-order valence-corrected chi connectivity index (χ4v) is 14.7. The van der Waals surface area contributed by atoms with E-state index in [2.05, 4.69) is 24.3 Å². The van der Waals surface area contributed by atoms with Crippen LogP contribution < -0.4 is 53.5 Å². The fourth-order valence-electron chi connectivity index (χ4n) is 8.39. The molecule has 0 bridgehead atoms. The first-order chi connectivity index (χ1) is 21.7. The van der Waals surface area contributed by atoms with Crippen molar-refractivity contribution < 1.29 is 42.4 Å². The quantitative estimate of drug-likeness (QED) is 0.125. The number of benzene rings is 7. The first-order valence-electron chi connectivity index (χ1n) is 14.4. The molecule has 2 aliphatic heterocycles. The Labute approximate surface area is 265 Å². The van der Waals surface area contributed by atoms with Crippen molar-refractivity contribution in [3.05, 3.63) is 108 Å². The standard InChI is InChI=1S/C36H12I2N4O2/c43-35-15-11-19-29-30-20(38-19)12-16-26-14(34-40-22-6-2-4-8-24(22)42(34)36(16)44)10-18-28(32(26)30)27-17(37-18)9-13(25(15)31(27)29)33-39-21-5-1-3-7-23(21)41(33)35/h1-12H/q-2. The molecule has 204 valence electrons. The van der Waals surface area contributed by atoms with E-state index in [1.165, 1.54) is 46.6 Å². The van der Waals surface area contributed by atoms with Crippen LogP contribution in [0.15, 0.2) is 82.4 Å². The van der Waals surface area contributed by atoms with Gasteiger partial charge in [-0.2, -0.15) is 0 Å². The van der Waals surface area contributed by atoms with Crippen LogP contribution in [0, 0.1) is 14.3 Å². The van der Waals surface area contributed by atoms with Gasteiger partial charge in [0.2, 0.25) is 0 Å². The molecule has 0 amide bonds. The topological polar surface area (TPSA) is 68.7 Å². The Morgan fingerprint density at radius 2 is 0.841 bits per heavy atom. The van der Waals surface area contributed by atoms with E-state index < -0.39 is 42.4 Å². The number of aromatic nitrogens is 4. The van der Waals surface area contributed by atoms with E-state index >= 15 is 0 Å². The molecule has 0 saturated carbocycles. The second-order valence-corrected chi connectivity index (χ2v) is 17.7. The van der Waals surface area contributed by atoms with Crippen LogP contribution in [-0.4, -0.2) is 18.8 Å². The molecule has 0 N–H and O–H groups in total. The Hall–Kier alpha value is -4.42. The molecule has 0 radical (unpaired) electrons. The van der Waals surface area contributed by atoms with Gasteiger partial charge in [-0.3, -0.25) is 0 Å². The van der Waals surface area contributed by atoms with Gasteiger partial charge < -0.3 is 0 Å². The summed E-state index contributed by atoms with van der Waals surface area (Å²) in [5.41, 5.74) is 4.93. The van der Waals surface area contributed by atoms with Crippen LogP contribution >= 0.6 is 0 Å². The third-order valence-corrected chi connectivity index (χ3v) is 15.7. The van der Waals surface area contributed by atoms with Crippen LogP contribution in [0.5, 0.6) is 0 Å². The summed E-state index contributed by atoms with van der Waals surface area (Å²) >= 11 is -1.11. The summed E-state index contributed by atoms with van der Waals surface area (Å²) < 4.78 is 9.01. The van der Waals surface area contributed by atoms with Gasteiger partial charge in [0, 0.05) is 0 Å². The van der Waals surface area contributed by atoms with Crippen molar-refractivity contribution in [2.24, 2.45) is 0 Å². The molecule has 0 atom stereocenters. The number of pyridine rings is 2. The number of imidazole rings is 2. The summed E-state index contributed by atoms with van der Waals surface area (Å²) in [6.45, 7) is 0. The Morgan fingerprint density at radius 3 is 1.27 bits per heavy atom. The molecule has 6 heterocycles. The molecule has 11 aromatic rings. The summed E-state index contributed by atoms with van der Waals surface area (Å²) in [6.07, 6.45) is 0. The number of rotatable bonds is 0. The summed E-state index contributed by atoms with van der Waals surface area (Å²) in [6, 6.07) is 25.0. The second-order valence-electron chi connectivity index (χ2n) is 11.9. The first kappa shape index (κ1) is 22.1. The number of nitrogens with zero attached hydrogens (tertiary/aromatic N) is 4. The number of fused-ring (bicyclic) bond motifs is 8. The van der Waals surface area contributed by atoms with Gasteiger partial charge in [-0.1, -0.05) is 0 Å². The van der Waals surface area contributed by atoms with Crippen molar-refractivity contribution >= 4 is 98.0 Å². The molecule has 0 aliphatic carbocycles. The molecule has 6 nitrogen and oxygen atoms in total. The van der Waals surface area contributed by atoms with Gasteiger partial charge in [-0.15, -0.1) is 0 Å². The average molecular weight is 786 g/mol. The summed E-state index contributed by atoms with van der Waals surface area (Å²) in [7, 11) is 0. The van der Waals surface area contributed by atoms with E-state index in [0.717, 1.165) is 65.7 Å². The van der Waals surface area contributed by atoms with Gasteiger partial charge in [-0.05, 0) is 0 Å². The van der Waals surface area contributed by atoms with Crippen molar-refractivity contribution in [1.82, 2.24) is 18.8 Å². The van der Waals surface area contributed by atoms with Gasteiger partial charge in [0.25, 0.3) is 0 Å². The van der Waals surface area contributed by atoms with Crippen LogP contribution in [0.3, 0.4) is 0 Å². The van der Waals surface area contributed by atoms with Crippen LogP contribution in [0.4, 0.5) is 0 Å². The van der Waals surface area contributed by atoms with E-state index in [9.17, 15) is 9.59 Å². The molecule has 13 rings (SSSR count). The van der Waals surface area contributed by atoms with Crippen LogP contribution in [0.2, 0.25) is 0 Å². The molecule has 44 heavy (non-hydrogen) atoms. The Kier molecular flexibility index (Phi) is 3.42. The number of hydrogen-bond donors (Lipinski definition) is 0. The predicted octanol–water partition coefficient (Wildman–Crippen LogP) is 0.125. The predicted molar refractivity (Wildman–Crippen MR) is 165 cm³/mol. The van der Waals surface area contributed by atoms with Crippen LogP contribution in [0.1, 0.15) is 0 Å². The molecule has 0 fully saturated rings. The minimum absolute atomic E-state index is 0.00853. The normalized spacial score (nSPS) is 14.7. The van der Waals surface area contributed by atoms with Crippen molar-refractivity contribution in [2.75, 3.05) is 0 Å². The van der Waals surface area contributed by atoms with Crippen molar-refractivity contribution in [3.63, 3.8) is 0 Å². The maximum absolute atomic E-state index is 14.3. The molecule has 8 heteroatoms. The second kappa shape index (κ2) is 6.79. The Bertz CT molecular complexity index is 3140. The zero-order valence-electron chi connectivity index (χ0n) is 22.3. The molecular formula is C36H12I2N4O2-2. The SMILES string of the molecule is O=c1c2cc3c4c5c(cc6c(=O)n7c8ccccc8nc7c7cc8c(c9c(cc(c2c49)c2nc4ccccc4n12)[I-]8)c5c67)[I-]3. The molecule has 0 saturated heterocycles. The van der Waals surface area contributed by atoms with Gasteiger partial charge in [0.15, 0.2) is 0 Å². The van der Waals surface area contributed by atoms with Crippen LogP contribution in [0.25, 0.3) is 98.0 Å². The van der Waals surface area contributed by atoms with Gasteiger partial charge >= 0.3 is 267 Å². The van der Waals surface area contributed by atoms with Crippen molar-refractivity contribution in [2.45, 2.75) is 0 Å². The van der Waals surface area contributed by atoms with E-state index in [-0.39, 0.29) is 11.1 Å². The summed E-state index contributed by atoms with van der Waals surface area (Å²) in [5.74, 6) is 0. The van der Waals surface area contributed by atoms with Gasteiger partial charge in [-0.25, -0.2) is 0 Å². The van der Waals surface area contributed by atoms with Gasteiger partial charge in [0.1, 0.15) is 0 Å². The Morgan fingerprint density at radius 1 is 0.455 bits per heavy atom. The maximum atomic E-state index is 14.3. The van der Waals surface area contributed by atoms with E-state index in [4.69, 9.17) is 9.97 Å². The number of para-hydroxylation sites is 4. The molecule has 7 aromatic carbocycles. The van der Waals surface area contributed by atoms with E-state index in [0.29, 0.717) is 0 Å². The fraction of sp³-hybridized carbons (Fsp3) is 0. The third kappa shape index (κ3) is 2.13. The monoisotopic (exact) mass is 786 g/mol. The molecule has 2 aliphatic rings. The van der Waals surface area contributed by atoms with E-state index in [1.54, 1.807) is 0 Å². The molecular weight excluding hydrogens is 774 g/mol. The van der Waals surface area contributed by atoms with Crippen molar-refractivity contribution in [3.8, 4) is 0 Å². The third-order valence-electron chi connectivity index (χ3n) is 9.99. The number of halogens is 2. The van der Waals surface area contributed by atoms with Crippen molar-refractivity contribution in [1.29, 1.82) is 0 Å². The minimum atomic E-state index is -0.596.